The Labute approximate surface area is 151 Å². The van der Waals surface area contributed by atoms with Gasteiger partial charge < -0.3 is 10.2 Å². The largest absolute Gasteiger partial charge is 0.372 e. The van der Waals surface area contributed by atoms with Crippen molar-refractivity contribution < 1.29 is 4.79 Å². The van der Waals surface area contributed by atoms with Gasteiger partial charge in [-0.15, -0.1) is 0 Å². The number of thioether (sulfide) groups is 1. The summed E-state index contributed by atoms with van der Waals surface area (Å²) in [7, 11) is 0. The normalized spacial score (nSPS) is 10.5. The minimum atomic E-state index is -0.263. The standard InChI is InChI=1S/C17H21ClN4OS/c1-3-22(13-8-5-4-6-9-13)11-7-10-19-16(23)15-14(18)12-20-17(21-15)24-2/h4-6,8-9,12H,3,7,10-11H2,1-2H3,(H,19,23). The van der Waals surface area contributed by atoms with E-state index in [0.717, 1.165) is 19.5 Å². The van der Waals surface area contributed by atoms with Crippen molar-refractivity contribution >= 4 is 35.0 Å². The van der Waals surface area contributed by atoms with Crippen LogP contribution in [0.2, 0.25) is 5.02 Å². The maximum absolute atomic E-state index is 12.2. The molecule has 0 aliphatic rings. The lowest BCUT2D eigenvalue weighted by Gasteiger charge is -2.23. The van der Waals surface area contributed by atoms with Crippen LogP contribution in [0.5, 0.6) is 0 Å². The number of carbonyl (C=O) groups is 1. The first-order valence-corrected chi connectivity index (χ1v) is 9.40. The number of aromatic nitrogens is 2. The number of carbonyl (C=O) groups excluding carboxylic acids is 1. The zero-order valence-electron chi connectivity index (χ0n) is 13.8. The minimum absolute atomic E-state index is 0.228. The van der Waals surface area contributed by atoms with Gasteiger partial charge in [-0.25, -0.2) is 9.97 Å². The number of benzene rings is 1. The Morgan fingerprint density at radius 2 is 2.08 bits per heavy atom. The third-order valence-electron chi connectivity index (χ3n) is 3.51. The third-order valence-corrected chi connectivity index (χ3v) is 4.35. The van der Waals surface area contributed by atoms with E-state index in [0.29, 0.717) is 11.7 Å². The van der Waals surface area contributed by atoms with Crippen LogP contribution in [0.1, 0.15) is 23.8 Å². The van der Waals surface area contributed by atoms with E-state index < -0.39 is 0 Å². The maximum Gasteiger partial charge on any atom is 0.271 e. The van der Waals surface area contributed by atoms with Crippen LogP contribution in [0.3, 0.4) is 0 Å². The monoisotopic (exact) mass is 364 g/mol. The molecule has 24 heavy (non-hydrogen) atoms. The van der Waals surface area contributed by atoms with Gasteiger partial charge in [0.05, 0.1) is 11.2 Å². The van der Waals surface area contributed by atoms with E-state index >= 15 is 0 Å². The van der Waals surface area contributed by atoms with Crippen molar-refractivity contribution in [2.75, 3.05) is 30.8 Å². The summed E-state index contributed by atoms with van der Waals surface area (Å²) in [5.74, 6) is -0.263. The molecule has 0 saturated carbocycles. The smallest absolute Gasteiger partial charge is 0.271 e. The van der Waals surface area contributed by atoms with Gasteiger partial charge in [0.15, 0.2) is 10.9 Å². The van der Waals surface area contributed by atoms with E-state index in [4.69, 9.17) is 11.6 Å². The van der Waals surface area contributed by atoms with Crippen LogP contribution in [-0.2, 0) is 0 Å². The van der Waals surface area contributed by atoms with Gasteiger partial charge >= 0.3 is 0 Å². The average molecular weight is 365 g/mol. The van der Waals surface area contributed by atoms with Crippen molar-refractivity contribution in [2.45, 2.75) is 18.5 Å². The first kappa shape index (κ1) is 18.5. The lowest BCUT2D eigenvalue weighted by atomic mass is 10.2. The Bertz CT molecular complexity index is 669. The Morgan fingerprint density at radius 3 is 2.75 bits per heavy atom. The summed E-state index contributed by atoms with van der Waals surface area (Å²) >= 11 is 7.38. The van der Waals surface area contributed by atoms with Crippen LogP contribution in [0, 0.1) is 0 Å². The number of rotatable bonds is 8. The van der Waals surface area contributed by atoms with Crippen molar-refractivity contribution in [3.63, 3.8) is 0 Å². The molecule has 0 bridgehead atoms. The van der Waals surface area contributed by atoms with Gasteiger partial charge in [-0.05, 0) is 31.7 Å². The summed E-state index contributed by atoms with van der Waals surface area (Å²) in [6.07, 6.45) is 4.16. The molecule has 0 unspecified atom stereocenters. The van der Waals surface area contributed by atoms with Crippen molar-refractivity contribution in [3.8, 4) is 0 Å². The SMILES string of the molecule is CCN(CCCNC(=O)c1nc(SC)ncc1Cl)c1ccccc1. The van der Waals surface area contributed by atoms with E-state index in [9.17, 15) is 4.79 Å². The van der Waals surface area contributed by atoms with E-state index in [1.807, 2.05) is 24.5 Å². The van der Waals surface area contributed by atoms with Crippen LogP contribution >= 0.6 is 23.4 Å². The molecule has 2 aromatic rings. The Kier molecular flexibility index (Phi) is 7.34. The van der Waals surface area contributed by atoms with Crippen LogP contribution in [0.25, 0.3) is 0 Å². The third kappa shape index (κ3) is 5.11. The molecular formula is C17H21ClN4OS. The second kappa shape index (κ2) is 9.49. The van der Waals surface area contributed by atoms with E-state index in [1.54, 1.807) is 0 Å². The number of anilines is 1. The molecule has 0 spiro atoms. The number of para-hydroxylation sites is 1. The molecule has 0 fully saturated rings. The van der Waals surface area contributed by atoms with Crippen LogP contribution in [-0.4, -0.2) is 41.8 Å². The number of nitrogens with zero attached hydrogens (tertiary/aromatic N) is 3. The first-order valence-electron chi connectivity index (χ1n) is 7.80. The van der Waals surface area contributed by atoms with Crippen molar-refractivity contribution in [1.82, 2.24) is 15.3 Å². The quantitative estimate of drug-likeness (QED) is 0.441. The summed E-state index contributed by atoms with van der Waals surface area (Å²) in [6.45, 7) is 4.48. The Morgan fingerprint density at radius 1 is 1.33 bits per heavy atom. The van der Waals surface area contributed by atoms with E-state index in [2.05, 4.69) is 39.2 Å². The van der Waals surface area contributed by atoms with Crippen molar-refractivity contribution in [2.24, 2.45) is 0 Å². The molecule has 1 heterocycles. The van der Waals surface area contributed by atoms with Crippen LogP contribution in [0.15, 0.2) is 41.7 Å². The van der Waals surface area contributed by atoms with E-state index in [-0.39, 0.29) is 16.6 Å². The zero-order valence-corrected chi connectivity index (χ0v) is 15.4. The summed E-state index contributed by atoms with van der Waals surface area (Å²) in [5.41, 5.74) is 1.42. The van der Waals surface area contributed by atoms with Gasteiger partial charge in [-0.2, -0.15) is 0 Å². The van der Waals surface area contributed by atoms with Gasteiger partial charge in [-0.1, -0.05) is 41.6 Å². The van der Waals surface area contributed by atoms with Gasteiger partial charge in [0, 0.05) is 25.3 Å². The molecule has 1 amide bonds. The number of halogens is 1. The number of amides is 1. The Balaban J connectivity index is 1.84. The Hall–Kier alpha value is -1.79. The second-order valence-corrected chi connectivity index (χ2v) is 6.26. The molecule has 0 saturated heterocycles. The topological polar surface area (TPSA) is 58.1 Å². The van der Waals surface area contributed by atoms with Gasteiger partial charge in [0.2, 0.25) is 0 Å². The van der Waals surface area contributed by atoms with Gasteiger partial charge in [0.1, 0.15) is 0 Å². The van der Waals surface area contributed by atoms with E-state index in [1.165, 1.54) is 23.6 Å². The predicted octanol–water partition coefficient (Wildman–Crippen LogP) is 3.50. The highest BCUT2D eigenvalue weighted by Crippen LogP contribution is 2.16. The minimum Gasteiger partial charge on any atom is -0.372 e. The van der Waals surface area contributed by atoms with Gasteiger partial charge in [0.25, 0.3) is 5.91 Å². The molecule has 0 aliphatic carbocycles. The highest BCUT2D eigenvalue weighted by atomic mass is 35.5. The summed E-state index contributed by atoms with van der Waals surface area (Å²) in [4.78, 5) is 22.7. The van der Waals surface area contributed by atoms with Crippen LogP contribution < -0.4 is 10.2 Å². The van der Waals surface area contributed by atoms with Gasteiger partial charge in [-0.3, -0.25) is 4.79 Å². The fraction of sp³-hybridized carbons (Fsp3) is 0.353. The lowest BCUT2D eigenvalue weighted by Crippen LogP contribution is -2.30. The molecule has 0 radical (unpaired) electrons. The summed E-state index contributed by atoms with van der Waals surface area (Å²) in [5, 5.41) is 3.67. The van der Waals surface area contributed by atoms with Crippen LogP contribution in [0.4, 0.5) is 5.69 Å². The highest BCUT2D eigenvalue weighted by molar-refractivity contribution is 7.98. The fourth-order valence-electron chi connectivity index (χ4n) is 2.27. The molecule has 0 atom stereocenters. The molecule has 0 aliphatic heterocycles. The zero-order chi connectivity index (χ0) is 17.4. The molecule has 128 valence electrons. The molecule has 1 N–H and O–H groups in total. The lowest BCUT2D eigenvalue weighted by molar-refractivity contribution is 0.0947. The maximum atomic E-state index is 12.2. The number of hydrogen-bond acceptors (Lipinski definition) is 5. The molecule has 1 aromatic heterocycles. The first-order chi connectivity index (χ1) is 11.7. The molecule has 7 heteroatoms. The molecule has 1 aromatic carbocycles. The number of hydrogen-bond donors (Lipinski definition) is 1. The fourth-order valence-corrected chi connectivity index (χ4v) is 2.79. The van der Waals surface area contributed by atoms with Crippen molar-refractivity contribution in [1.29, 1.82) is 0 Å². The highest BCUT2D eigenvalue weighted by Gasteiger charge is 2.13. The van der Waals surface area contributed by atoms with Crippen molar-refractivity contribution in [3.05, 3.63) is 47.2 Å². The summed E-state index contributed by atoms with van der Waals surface area (Å²) in [6, 6.07) is 10.2. The molecular weight excluding hydrogens is 344 g/mol. The number of nitrogens with one attached hydrogen (secondary N) is 1. The predicted molar refractivity (Wildman–Crippen MR) is 100 cm³/mol. The summed E-state index contributed by atoms with van der Waals surface area (Å²) < 4.78 is 0. The average Bonchev–Trinajstić information content (AvgIpc) is 2.62. The molecule has 5 nitrogen and oxygen atoms in total. The second-order valence-electron chi connectivity index (χ2n) is 5.08. The molecule has 2 rings (SSSR count).